The van der Waals surface area contributed by atoms with E-state index in [1.54, 1.807) is 0 Å². The molecule has 21 heavy (non-hydrogen) atoms. The van der Waals surface area contributed by atoms with Crippen molar-refractivity contribution >= 4 is 11.8 Å². The molecule has 1 unspecified atom stereocenters. The van der Waals surface area contributed by atoms with Gasteiger partial charge in [-0.15, -0.1) is 0 Å². The molecule has 5 nitrogen and oxygen atoms in total. The van der Waals surface area contributed by atoms with E-state index in [0.29, 0.717) is 6.54 Å². The Kier molecular flexibility index (Phi) is 5.73. The maximum atomic E-state index is 14.1. The lowest BCUT2D eigenvalue weighted by Gasteiger charge is -2.31. The number of ether oxygens (including phenoxy) is 1. The average Bonchev–Trinajstić information content (AvgIpc) is 2.54. The van der Waals surface area contributed by atoms with Gasteiger partial charge in [0.15, 0.2) is 11.9 Å². The summed E-state index contributed by atoms with van der Waals surface area (Å²) in [5.74, 6) is -1.44. The van der Waals surface area contributed by atoms with Gasteiger partial charge < -0.3 is 15.0 Å². The quantitative estimate of drug-likeness (QED) is 0.801. The molecule has 2 rings (SSSR count). The van der Waals surface area contributed by atoms with Crippen LogP contribution in [0.3, 0.4) is 0 Å². The molecule has 2 aliphatic rings. The number of likely N-dealkylation sites (N-methyl/N-ethyl adjacent to an activating group) is 1. The van der Waals surface area contributed by atoms with Gasteiger partial charge in [0.2, 0.25) is 0 Å². The molecule has 1 N–H and O–H groups in total. The summed E-state index contributed by atoms with van der Waals surface area (Å²) in [7, 11) is 1.51. The van der Waals surface area contributed by atoms with E-state index in [-0.39, 0.29) is 25.0 Å². The molecular formula is C15H23FN2O3. The van der Waals surface area contributed by atoms with Crippen LogP contribution in [0.5, 0.6) is 0 Å². The lowest BCUT2D eigenvalue weighted by Crippen LogP contribution is -2.51. The third kappa shape index (κ3) is 4.27. The number of allylic oxidation sites excluding steroid dienone is 1. The number of rotatable bonds is 3. The van der Waals surface area contributed by atoms with Gasteiger partial charge in [-0.25, -0.2) is 4.39 Å². The van der Waals surface area contributed by atoms with Crippen molar-refractivity contribution in [1.82, 2.24) is 10.2 Å². The maximum absolute atomic E-state index is 14.1. The average molecular weight is 298 g/mol. The first-order valence-corrected chi connectivity index (χ1v) is 7.61. The molecule has 0 aromatic heterocycles. The Labute approximate surface area is 124 Å². The fraction of sp³-hybridized carbons (Fsp3) is 0.733. The van der Waals surface area contributed by atoms with Crippen LogP contribution in [0.1, 0.15) is 32.1 Å². The molecule has 1 aliphatic heterocycles. The van der Waals surface area contributed by atoms with Gasteiger partial charge in [0.25, 0.3) is 11.8 Å². The molecule has 0 aromatic carbocycles. The first-order chi connectivity index (χ1) is 10.1. The highest BCUT2D eigenvalue weighted by Gasteiger charge is 2.30. The summed E-state index contributed by atoms with van der Waals surface area (Å²) in [6, 6.07) is 0. The number of morpholine rings is 1. The van der Waals surface area contributed by atoms with Gasteiger partial charge in [0, 0.05) is 13.6 Å². The van der Waals surface area contributed by atoms with Crippen molar-refractivity contribution < 1.29 is 18.7 Å². The van der Waals surface area contributed by atoms with Gasteiger partial charge in [-0.05, 0) is 24.8 Å². The summed E-state index contributed by atoms with van der Waals surface area (Å²) in [5, 5.41) is 2.48. The van der Waals surface area contributed by atoms with E-state index in [1.165, 1.54) is 24.4 Å². The number of hydrogen-bond donors (Lipinski definition) is 1. The second-order valence-corrected chi connectivity index (χ2v) is 5.64. The van der Waals surface area contributed by atoms with E-state index in [9.17, 15) is 14.0 Å². The molecule has 0 spiro atoms. The topological polar surface area (TPSA) is 58.6 Å². The molecule has 6 heteroatoms. The standard InChI is InChI=1S/C15H23FN2O3/c1-17-14(19)13-10-18(7-8-21-13)15(20)12(16)9-11-5-3-2-4-6-11/h9,11,13H,2-8,10H2,1H3,(H,17,19)/b12-9-. The highest BCUT2D eigenvalue weighted by molar-refractivity contribution is 5.92. The first-order valence-electron chi connectivity index (χ1n) is 7.61. The van der Waals surface area contributed by atoms with Crippen LogP contribution in [0, 0.1) is 5.92 Å². The summed E-state index contributed by atoms with van der Waals surface area (Å²) in [4.78, 5) is 25.0. The number of carbonyl (C=O) groups excluding carboxylic acids is 2. The maximum Gasteiger partial charge on any atom is 0.282 e. The minimum Gasteiger partial charge on any atom is -0.365 e. The van der Waals surface area contributed by atoms with Crippen molar-refractivity contribution in [2.24, 2.45) is 5.92 Å². The summed E-state index contributed by atoms with van der Waals surface area (Å²) in [6.07, 6.45) is 6.03. The Hall–Kier alpha value is -1.43. The number of nitrogens with one attached hydrogen (secondary N) is 1. The first kappa shape index (κ1) is 15.9. The Morgan fingerprint density at radius 3 is 2.67 bits per heavy atom. The Morgan fingerprint density at radius 2 is 2.00 bits per heavy atom. The van der Waals surface area contributed by atoms with Gasteiger partial charge in [0.05, 0.1) is 13.2 Å². The van der Waals surface area contributed by atoms with E-state index in [2.05, 4.69) is 5.32 Å². The summed E-state index contributed by atoms with van der Waals surface area (Å²) in [5.41, 5.74) is 0. The van der Waals surface area contributed by atoms with Crippen molar-refractivity contribution in [3.63, 3.8) is 0 Å². The minimum absolute atomic E-state index is 0.102. The molecule has 0 aromatic rings. The Morgan fingerprint density at radius 1 is 1.29 bits per heavy atom. The molecule has 118 valence electrons. The highest BCUT2D eigenvalue weighted by Crippen LogP contribution is 2.26. The number of amides is 2. The van der Waals surface area contributed by atoms with Crippen LogP contribution in [-0.4, -0.2) is 49.6 Å². The molecule has 1 aliphatic carbocycles. The molecular weight excluding hydrogens is 275 g/mol. The second kappa shape index (κ2) is 7.54. The molecule has 0 radical (unpaired) electrons. The molecule has 1 heterocycles. The number of carbonyl (C=O) groups is 2. The highest BCUT2D eigenvalue weighted by atomic mass is 19.1. The summed E-state index contributed by atoms with van der Waals surface area (Å²) in [6.45, 7) is 0.670. The Balaban J connectivity index is 1.94. The normalized spacial score (nSPS) is 24.8. The van der Waals surface area contributed by atoms with Crippen LogP contribution in [0.2, 0.25) is 0 Å². The van der Waals surface area contributed by atoms with Crippen LogP contribution in [0.25, 0.3) is 0 Å². The molecule has 2 amide bonds. The smallest absolute Gasteiger partial charge is 0.282 e. The fourth-order valence-corrected chi connectivity index (χ4v) is 2.88. The summed E-state index contributed by atoms with van der Waals surface area (Å²) < 4.78 is 19.4. The van der Waals surface area contributed by atoms with Crippen molar-refractivity contribution in [1.29, 1.82) is 0 Å². The van der Waals surface area contributed by atoms with Crippen LogP contribution in [0.15, 0.2) is 11.9 Å². The predicted molar refractivity (Wildman–Crippen MR) is 76.2 cm³/mol. The van der Waals surface area contributed by atoms with E-state index in [4.69, 9.17) is 4.74 Å². The fourth-order valence-electron chi connectivity index (χ4n) is 2.88. The third-order valence-electron chi connectivity index (χ3n) is 4.13. The predicted octanol–water partition coefficient (Wildman–Crippen LogP) is 1.39. The lowest BCUT2D eigenvalue weighted by molar-refractivity contribution is -0.145. The van der Waals surface area contributed by atoms with Gasteiger partial charge in [0.1, 0.15) is 0 Å². The largest absolute Gasteiger partial charge is 0.365 e. The molecule has 0 bridgehead atoms. The monoisotopic (exact) mass is 298 g/mol. The second-order valence-electron chi connectivity index (χ2n) is 5.64. The molecule has 1 saturated heterocycles. The van der Waals surface area contributed by atoms with Gasteiger partial charge in [-0.3, -0.25) is 9.59 Å². The molecule has 2 fully saturated rings. The minimum atomic E-state index is -0.713. The zero-order valence-corrected chi connectivity index (χ0v) is 12.4. The van der Waals surface area contributed by atoms with Crippen LogP contribution in [-0.2, 0) is 14.3 Å². The third-order valence-corrected chi connectivity index (χ3v) is 4.13. The van der Waals surface area contributed by atoms with Crippen molar-refractivity contribution in [2.75, 3.05) is 26.7 Å². The van der Waals surface area contributed by atoms with Crippen molar-refractivity contribution in [2.45, 2.75) is 38.2 Å². The zero-order chi connectivity index (χ0) is 15.2. The SMILES string of the molecule is CNC(=O)C1CN(C(=O)/C(F)=C/C2CCCCC2)CCO1. The lowest BCUT2D eigenvalue weighted by atomic mass is 9.89. The van der Waals surface area contributed by atoms with Gasteiger partial charge in [-0.1, -0.05) is 19.3 Å². The zero-order valence-electron chi connectivity index (χ0n) is 12.4. The molecule has 1 saturated carbocycles. The van der Waals surface area contributed by atoms with Gasteiger partial charge >= 0.3 is 0 Å². The van der Waals surface area contributed by atoms with Gasteiger partial charge in [-0.2, -0.15) is 0 Å². The van der Waals surface area contributed by atoms with Crippen LogP contribution in [0.4, 0.5) is 4.39 Å². The van der Waals surface area contributed by atoms with E-state index in [0.717, 1.165) is 25.7 Å². The van der Waals surface area contributed by atoms with Crippen molar-refractivity contribution in [3.05, 3.63) is 11.9 Å². The number of hydrogen-bond acceptors (Lipinski definition) is 3. The van der Waals surface area contributed by atoms with Crippen LogP contribution < -0.4 is 5.32 Å². The van der Waals surface area contributed by atoms with Crippen LogP contribution >= 0.6 is 0 Å². The number of nitrogens with zero attached hydrogens (tertiary/aromatic N) is 1. The summed E-state index contributed by atoms with van der Waals surface area (Å²) >= 11 is 0. The van der Waals surface area contributed by atoms with Crippen molar-refractivity contribution in [3.8, 4) is 0 Å². The van der Waals surface area contributed by atoms with E-state index < -0.39 is 17.8 Å². The van der Waals surface area contributed by atoms with E-state index >= 15 is 0 Å². The Bertz CT molecular complexity index is 419. The molecule has 1 atom stereocenters. The number of halogens is 1. The van der Waals surface area contributed by atoms with E-state index in [1.807, 2.05) is 0 Å².